The monoisotopic (exact) mass is 323 g/mol. The molecule has 1 unspecified atom stereocenters. The van der Waals surface area contributed by atoms with E-state index in [4.69, 9.17) is 5.73 Å². The molecule has 2 heterocycles. The number of piperidine rings is 1. The van der Waals surface area contributed by atoms with E-state index >= 15 is 0 Å². The van der Waals surface area contributed by atoms with Crippen LogP contribution in [-0.2, 0) is 11.2 Å². The predicted molar refractivity (Wildman–Crippen MR) is 92.2 cm³/mol. The first-order chi connectivity index (χ1) is 10.2. The summed E-state index contributed by atoms with van der Waals surface area (Å²) in [5.41, 5.74) is 7.52. The fourth-order valence-electron chi connectivity index (χ4n) is 3.54. The van der Waals surface area contributed by atoms with Gasteiger partial charge in [0.15, 0.2) is 0 Å². The molecule has 22 heavy (non-hydrogen) atoms. The predicted octanol–water partition coefficient (Wildman–Crippen LogP) is 2.32. The third-order valence-electron chi connectivity index (χ3n) is 4.73. The van der Waals surface area contributed by atoms with Crippen LogP contribution in [0.2, 0.25) is 0 Å². The summed E-state index contributed by atoms with van der Waals surface area (Å²) in [7, 11) is 0. The first kappa shape index (κ1) is 17.1. The minimum Gasteiger partial charge on any atom is -0.399 e. The summed E-state index contributed by atoms with van der Waals surface area (Å²) < 4.78 is 0. The number of benzene rings is 1. The van der Waals surface area contributed by atoms with Crippen LogP contribution in [0.1, 0.15) is 31.2 Å². The van der Waals surface area contributed by atoms with Crippen LogP contribution in [0.25, 0.3) is 0 Å². The van der Waals surface area contributed by atoms with Crippen molar-refractivity contribution in [1.82, 2.24) is 9.80 Å². The maximum absolute atomic E-state index is 12.4. The van der Waals surface area contributed by atoms with Gasteiger partial charge in [0.2, 0.25) is 5.91 Å². The van der Waals surface area contributed by atoms with Gasteiger partial charge in [-0.15, -0.1) is 12.4 Å². The SMILES string of the molecule is Cl.Nc1cccc(CC(=O)N2CCC(N3CCCCC3)C2)c1. The normalized spacial score (nSPS) is 22.4. The Morgan fingerprint density at radius 3 is 2.68 bits per heavy atom. The van der Waals surface area contributed by atoms with E-state index in [9.17, 15) is 4.79 Å². The molecule has 0 aromatic heterocycles. The number of nitrogens with two attached hydrogens (primary N) is 1. The van der Waals surface area contributed by atoms with E-state index in [1.807, 2.05) is 29.2 Å². The summed E-state index contributed by atoms with van der Waals surface area (Å²) in [5, 5.41) is 0. The molecular weight excluding hydrogens is 298 g/mol. The number of likely N-dealkylation sites (tertiary alicyclic amines) is 2. The lowest BCUT2D eigenvalue weighted by molar-refractivity contribution is -0.129. The van der Waals surface area contributed by atoms with Crippen molar-refractivity contribution < 1.29 is 4.79 Å². The number of nitrogen functional groups attached to an aromatic ring is 1. The van der Waals surface area contributed by atoms with Gasteiger partial charge in [-0.05, 0) is 50.0 Å². The molecular formula is C17H26ClN3O. The van der Waals surface area contributed by atoms with Gasteiger partial charge < -0.3 is 10.6 Å². The molecule has 0 aliphatic carbocycles. The van der Waals surface area contributed by atoms with Crippen LogP contribution < -0.4 is 5.73 Å². The first-order valence-electron chi connectivity index (χ1n) is 8.08. The third kappa shape index (κ3) is 4.14. The lowest BCUT2D eigenvalue weighted by atomic mass is 10.1. The van der Waals surface area contributed by atoms with E-state index in [0.29, 0.717) is 12.5 Å². The maximum atomic E-state index is 12.4. The molecule has 0 spiro atoms. The van der Waals surface area contributed by atoms with Gasteiger partial charge in [-0.3, -0.25) is 9.69 Å². The van der Waals surface area contributed by atoms with E-state index < -0.39 is 0 Å². The number of nitrogens with zero attached hydrogens (tertiary/aromatic N) is 2. The minimum atomic E-state index is 0. The Morgan fingerprint density at radius 2 is 1.95 bits per heavy atom. The van der Waals surface area contributed by atoms with E-state index in [-0.39, 0.29) is 18.3 Å². The van der Waals surface area contributed by atoms with Crippen molar-refractivity contribution in [2.45, 2.75) is 38.1 Å². The summed E-state index contributed by atoms with van der Waals surface area (Å²) in [4.78, 5) is 17.0. The third-order valence-corrected chi connectivity index (χ3v) is 4.73. The van der Waals surface area contributed by atoms with E-state index in [0.717, 1.165) is 30.8 Å². The molecule has 2 saturated heterocycles. The molecule has 5 heteroatoms. The van der Waals surface area contributed by atoms with Crippen LogP contribution in [0, 0.1) is 0 Å². The second-order valence-electron chi connectivity index (χ2n) is 6.30. The second kappa shape index (κ2) is 7.84. The van der Waals surface area contributed by atoms with Crippen molar-refractivity contribution in [3.05, 3.63) is 29.8 Å². The van der Waals surface area contributed by atoms with Crippen LogP contribution in [0.5, 0.6) is 0 Å². The van der Waals surface area contributed by atoms with E-state index in [1.54, 1.807) is 0 Å². The number of hydrogen-bond donors (Lipinski definition) is 1. The maximum Gasteiger partial charge on any atom is 0.227 e. The molecule has 3 rings (SSSR count). The molecule has 2 N–H and O–H groups in total. The standard InChI is InChI=1S/C17H25N3O.ClH/c18-15-6-4-5-14(11-15)12-17(21)20-10-7-16(13-20)19-8-2-1-3-9-19;/h4-6,11,16H,1-3,7-10,12-13,18H2;1H. The average molecular weight is 324 g/mol. The number of rotatable bonds is 3. The summed E-state index contributed by atoms with van der Waals surface area (Å²) in [6, 6.07) is 8.23. The van der Waals surface area contributed by atoms with Gasteiger partial charge in [-0.2, -0.15) is 0 Å². The molecule has 1 aromatic carbocycles. The molecule has 1 aromatic rings. The van der Waals surface area contributed by atoms with Gasteiger partial charge in [0.25, 0.3) is 0 Å². The van der Waals surface area contributed by atoms with Crippen molar-refractivity contribution in [2.75, 3.05) is 31.9 Å². The van der Waals surface area contributed by atoms with Crippen LogP contribution >= 0.6 is 12.4 Å². The second-order valence-corrected chi connectivity index (χ2v) is 6.30. The molecule has 0 radical (unpaired) electrons. The van der Waals surface area contributed by atoms with Crippen LogP contribution in [0.15, 0.2) is 24.3 Å². The highest BCUT2D eigenvalue weighted by atomic mass is 35.5. The highest BCUT2D eigenvalue weighted by Crippen LogP contribution is 2.21. The lowest BCUT2D eigenvalue weighted by Gasteiger charge is -2.32. The zero-order valence-electron chi connectivity index (χ0n) is 13.0. The summed E-state index contributed by atoms with van der Waals surface area (Å²) in [6.45, 7) is 4.23. The van der Waals surface area contributed by atoms with Crippen LogP contribution in [-0.4, -0.2) is 47.9 Å². The largest absolute Gasteiger partial charge is 0.399 e. The zero-order chi connectivity index (χ0) is 14.7. The lowest BCUT2D eigenvalue weighted by Crippen LogP contribution is -2.41. The van der Waals surface area contributed by atoms with Crippen LogP contribution in [0.3, 0.4) is 0 Å². The highest BCUT2D eigenvalue weighted by molar-refractivity contribution is 5.85. The topological polar surface area (TPSA) is 49.6 Å². The smallest absolute Gasteiger partial charge is 0.227 e. The Balaban J connectivity index is 0.00000176. The summed E-state index contributed by atoms with van der Waals surface area (Å²) in [5.74, 6) is 0.236. The molecule has 4 nitrogen and oxygen atoms in total. The number of carbonyl (C=O) groups is 1. The average Bonchev–Trinajstić information content (AvgIpc) is 2.98. The van der Waals surface area contributed by atoms with Crippen molar-refractivity contribution in [1.29, 1.82) is 0 Å². The van der Waals surface area contributed by atoms with Gasteiger partial charge in [-0.25, -0.2) is 0 Å². The fourth-order valence-corrected chi connectivity index (χ4v) is 3.54. The Bertz CT molecular complexity index is 502. The Kier molecular flexibility index (Phi) is 6.09. The van der Waals surface area contributed by atoms with Gasteiger partial charge in [0, 0.05) is 24.8 Å². The number of carbonyl (C=O) groups excluding carboxylic acids is 1. The van der Waals surface area contributed by atoms with Crippen LogP contribution in [0.4, 0.5) is 5.69 Å². The molecule has 1 atom stereocenters. The van der Waals surface area contributed by atoms with Crippen molar-refractivity contribution in [3.63, 3.8) is 0 Å². The number of anilines is 1. The van der Waals surface area contributed by atoms with E-state index in [1.165, 1.54) is 32.4 Å². The molecule has 0 saturated carbocycles. The molecule has 2 aliphatic rings. The van der Waals surface area contributed by atoms with Gasteiger partial charge in [0.05, 0.1) is 6.42 Å². The van der Waals surface area contributed by atoms with Gasteiger partial charge in [-0.1, -0.05) is 18.6 Å². The highest BCUT2D eigenvalue weighted by Gasteiger charge is 2.30. The quantitative estimate of drug-likeness (QED) is 0.868. The molecule has 0 bridgehead atoms. The van der Waals surface area contributed by atoms with Crippen molar-refractivity contribution in [3.8, 4) is 0 Å². The molecule has 2 aliphatic heterocycles. The Labute approximate surface area is 139 Å². The van der Waals surface area contributed by atoms with Gasteiger partial charge in [0.1, 0.15) is 0 Å². The summed E-state index contributed by atoms with van der Waals surface area (Å²) >= 11 is 0. The minimum absolute atomic E-state index is 0. The fraction of sp³-hybridized carbons (Fsp3) is 0.588. The number of hydrogen-bond acceptors (Lipinski definition) is 3. The molecule has 122 valence electrons. The van der Waals surface area contributed by atoms with Crippen molar-refractivity contribution in [2.24, 2.45) is 0 Å². The van der Waals surface area contributed by atoms with Crippen molar-refractivity contribution >= 4 is 24.0 Å². The Hall–Kier alpha value is -1.26. The van der Waals surface area contributed by atoms with E-state index in [2.05, 4.69) is 4.90 Å². The zero-order valence-corrected chi connectivity index (χ0v) is 13.9. The number of halogens is 1. The molecule has 1 amide bonds. The Morgan fingerprint density at radius 1 is 1.18 bits per heavy atom. The first-order valence-corrected chi connectivity index (χ1v) is 8.08. The number of amides is 1. The van der Waals surface area contributed by atoms with Gasteiger partial charge >= 0.3 is 0 Å². The summed E-state index contributed by atoms with van der Waals surface area (Å²) in [6.07, 6.45) is 5.59. The molecule has 2 fully saturated rings.